The highest BCUT2D eigenvalue weighted by atomic mass is 35.5. The summed E-state index contributed by atoms with van der Waals surface area (Å²) in [5.74, 6) is -1.05. The van der Waals surface area contributed by atoms with Gasteiger partial charge in [0.2, 0.25) is 0 Å². The van der Waals surface area contributed by atoms with Crippen LogP contribution in [0.3, 0.4) is 0 Å². The molecule has 40 heavy (non-hydrogen) atoms. The summed E-state index contributed by atoms with van der Waals surface area (Å²) in [7, 11) is 0. The van der Waals surface area contributed by atoms with Crippen molar-refractivity contribution in [3.63, 3.8) is 0 Å². The average Bonchev–Trinajstić information content (AvgIpc) is 3.01. The highest BCUT2D eigenvalue weighted by Gasteiger charge is 2.43. The first kappa shape index (κ1) is 28.2. The van der Waals surface area contributed by atoms with Crippen LogP contribution >= 0.6 is 11.6 Å². The van der Waals surface area contributed by atoms with Gasteiger partial charge < -0.3 is 34.0 Å². The number of benzene rings is 1. The molecule has 1 aromatic heterocycles. The van der Waals surface area contributed by atoms with Gasteiger partial charge in [0.15, 0.2) is 5.75 Å². The van der Waals surface area contributed by atoms with Crippen molar-refractivity contribution < 1.29 is 33.3 Å². The van der Waals surface area contributed by atoms with E-state index in [0.29, 0.717) is 13.2 Å². The second-order valence-electron chi connectivity index (χ2n) is 11.5. The standard InChI is InChI=1S/C28H34ClFN4O6/c1-15-12-38-13-16(2)34(15)25-21-24(22(29)23(31-25)20-18(30)7-6-8-19(20)35)39-14-17-11-32(9-10-33(17)26(21)36)27(37)40-28(3,4)5/h6-8,15-17,35H,9-14H2,1-5H3/t15?,16?,17-/m1/s1. The Morgan fingerprint density at radius 2 is 1.85 bits per heavy atom. The molecule has 3 atom stereocenters. The number of rotatable bonds is 2. The van der Waals surface area contributed by atoms with Gasteiger partial charge in [0, 0.05) is 19.6 Å². The molecule has 1 aromatic carbocycles. The van der Waals surface area contributed by atoms with Gasteiger partial charge >= 0.3 is 6.09 Å². The number of halogens is 2. The maximum atomic E-state index is 15.1. The maximum absolute atomic E-state index is 15.1. The van der Waals surface area contributed by atoms with Crippen molar-refractivity contribution >= 4 is 29.4 Å². The number of aromatic nitrogens is 1. The van der Waals surface area contributed by atoms with Gasteiger partial charge in [-0.25, -0.2) is 14.2 Å². The van der Waals surface area contributed by atoms with Gasteiger partial charge in [-0.15, -0.1) is 0 Å². The summed E-state index contributed by atoms with van der Waals surface area (Å²) in [6.45, 7) is 10.9. The van der Waals surface area contributed by atoms with E-state index >= 15 is 4.39 Å². The quantitative estimate of drug-likeness (QED) is 0.564. The van der Waals surface area contributed by atoms with Gasteiger partial charge in [0.05, 0.1) is 36.9 Å². The van der Waals surface area contributed by atoms with Gasteiger partial charge in [-0.3, -0.25) is 4.79 Å². The molecule has 2 unspecified atom stereocenters. The number of anilines is 1. The molecule has 216 valence electrons. The molecule has 4 heterocycles. The zero-order valence-corrected chi connectivity index (χ0v) is 24.0. The Morgan fingerprint density at radius 1 is 1.15 bits per heavy atom. The van der Waals surface area contributed by atoms with Crippen LogP contribution in [0, 0.1) is 5.82 Å². The van der Waals surface area contributed by atoms with Crippen LogP contribution in [0.1, 0.15) is 45.0 Å². The molecule has 3 aliphatic rings. The summed E-state index contributed by atoms with van der Waals surface area (Å²) < 4.78 is 32.5. The highest BCUT2D eigenvalue weighted by molar-refractivity contribution is 6.35. The Labute approximate surface area is 237 Å². The molecule has 2 fully saturated rings. The molecule has 0 aliphatic carbocycles. The van der Waals surface area contributed by atoms with Crippen molar-refractivity contribution in [1.29, 1.82) is 0 Å². The number of amides is 2. The number of fused-ring (bicyclic) bond motifs is 2. The Kier molecular flexibility index (Phi) is 7.47. The molecular formula is C28H34ClFN4O6. The van der Waals surface area contributed by atoms with E-state index in [1.54, 1.807) is 30.6 Å². The fraction of sp³-hybridized carbons (Fsp3) is 0.536. The predicted molar refractivity (Wildman–Crippen MR) is 147 cm³/mol. The van der Waals surface area contributed by atoms with E-state index in [1.165, 1.54) is 18.2 Å². The number of phenolic OH excluding ortho intramolecular Hbond substituents is 1. The minimum atomic E-state index is -0.714. The third-order valence-corrected chi connectivity index (χ3v) is 7.60. The minimum absolute atomic E-state index is 0.0278. The molecule has 0 radical (unpaired) electrons. The lowest BCUT2D eigenvalue weighted by molar-refractivity contribution is 0.000945. The van der Waals surface area contributed by atoms with E-state index in [2.05, 4.69) is 0 Å². The van der Waals surface area contributed by atoms with E-state index in [9.17, 15) is 14.7 Å². The van der Waals surface area contributed by atoms with Crippen LogP contribution in [0.15, 0.2) is 18.2 Å². The summed E-state index contributed by atoms with van der Waals surface area (Å²) >= 11 is 6.81. The predicted octanol–water partition coefficient (Wildman–Crippen LogP) is 4.31. The SMILES string of the molecule is CC1COCC(C)N1c1nc(-c2c(O)cccc2F)c(Cl)c2c1C(=O)N1CCN(C(=O)OC(C)(C)C)C[C@@H]1CO2. The van der Waals surface area contributed by atoms with E-state index in [-0.39, 0.29) is 83.4 Å². The van der Waals surface area contributed by atoms with Gasteiger partial charge in [0.25, 0.3) is 5.91 Å². The number of piperazine rings is 1. The van der Waals surface area contributed by atoms with Gasteiger partial charge in [-0.1, -0.05) is 17.7 Å². The molecule has 0 spiro atoms. The van der Waals surface area contributed by atoms with Crippen molar-refractivity contribution in [1.82, 2.24) is 14.8 Å². The van der Waals surface area contributed by atoms with Crippen molar-refractivity contribution in [2.45, 2.75) is 58.3 Å². The fourth-order valence-electron chi connectivity index (χ4n) is 5.46. The summed E-state index contributed by atoms with van der Waals surface area (Å²) in [4.78, 5) is 36.9. The topological polar surface area (TPSA) is 105 Å². The minimum Gasteiger partial charge on any atom is -0.507 e. The second kappa shape index (κ2) is 10.6. The third kappa shape index (κ3) is 5.12. The Morgan fingerprint density at radius 3 is 2.50 bits per heavy atom. The number of phenols is 1. The summed E-state index contributed by atoms with van der Waals surface area (Å²) in [5, 5.41) is 10.5. The molecular weight excluding hydrogens is 543 g/mol. The van der Waals surface area contributed by atoms with E-state index in [4.69, 9.17) is 30.8 Å². The van der Waals surface area contributed by atoms with Crippen molar-refractivity contribution in [2.75, 3.05) is 44.4 Å². The van der Waals surface area contributed by atoms with E-state index in [0.717, 1.165) is 0 Å². The Bertz CT molecular complexity index is 1300. The molecule has 2 saturated heterocycles. The monoisotopic (exact) mass is 576 g/mol. The lowest BCUT2D eigenvalue weighted by Crippen LogP contribution is -2.58. The van der Waals surface area contributed by atoms with E-state index in [1.807, 2.05) is 18.7 Å². The lowest BCUT2D eigenvalue weighted by atomic mass is 10.0. The van der Waals surface area contributed by atoms with Crippen LogP contribution in [0.25, 0.3) is 11.3 Å². The number of hydrogen-bond acceptors (Lipinski definition) is 8. The van der Waals surface area contributed by atoms with Crippen LogP contribution < -0.4 is 9.64 Å². The normalized spacial score (nSPS) is 23.2. The molecule has 0 saturated carbocycles. The number of nitrogens with zero attached hydrogens (tertiary/aromatic N) is 4. The highest BCUT2D eigenvalue weighted by Crippen LogP contribution is 2.46. The first-order valence-corrected chi connectivity index (χ1v) is 13.7. The number of pyridine rings is 1. The largest absolute Gasteiger partial charge is 0.507 e. The van der Waals surface area contributed by atoms with Crippen LogP contribution in [-0.4, -0.2) is 95.1 Å². The van der Waals surface area contributed by atoms with Crippen LogP contribution in [0.2, 0.25) is 5.02 Å². The maximum Gasteiger partial charge on any atom is 0.410 e. The molecule has 0 bridgehead atoms. The molecule has 2 amide bonds. The third-order valence-electron chi connectivity index (χ3n) is 7.25. The van der Waals surface area contributed by atoms with Crippen LogP contribution in [-0.2, 0) is 9.47 Å². The van der Waals surface area contributed by atoms with Gasteiger partial charge in [0.1, 0.15) is 45.9 Å². The number of hydrogen-bond donors (Lipinski definition) is 1. The van der Waals surface area contributed by atoms with Crippen LogP contribution in [0.4, 0.5) is 15.0 Å². The first-order chi connectivity index (χ1) is 18.9. The summed E-state index contributed by atoms with van der Waals surface area (Å²) in [5.41, 5.74) is -0.702. The molecule has 1 N–H and O–H groups in total. The van der Waals surface area contributed by atoms with Crippen molar-refractivity contribution in [3.8, 4) is 22.8 Å². The fourth-order valence-corrected chi connectivity index (χ4v) is 5.75. The zero-order chi connectivity index (χ0) is 28.9. The number of morpholine rings is 1. The second-order valence-corrected chi connectivity index (χ2v) is 11.8. The van der Waals surface area contributed by atoms with Crippen molar-refractivity contribution in [2.24, 2.45) is 0 Å². The number of carbonyl (C=O) groups is 2. The average molecular weight is 577 g/mol. The molecule has 3 aliphatic heterocycles. The van der Waals surface area contributed by atoms with Crippen LogP contribution in [0.5, 0.6) is 11.5 Å². The van der Waals surface area contributed by atoms with Gasteiger partial charge in [-0.2, -0.15) is 0 Å². The Hall–Kier alpha value is -3.31. The smallest absolute Gasteiger partial charge is 0.410 e. The summed E-state index contributed by atoms with van der Waals surface area (Å²) in [6.07, 6.45) is -0.463. The number of aromatic hydroxyl groups is 1. The lowest BCUT2D eigenvalue weighted by Gasteiger charge is -2.42. The molecule has 5 rings (SSSR count). The zero-order valence-electron chi connectivity index (χ0n) is 23.2. The number of ether oxygens (including phenoxy) is 3. The molecule has 10 nitrogen and oxygen atoms in total. The molecule has 12 heteroatoms. The number of carbonyl (C=O) groups excluding carboxylic acids is 2. The van der Waals surface area contributed by atoms with E-state index < -0.39 is 23.6 Å². The Balaban J connectivity index is 1.61. The van der Waals surface area contributed by atoms with Gasteiger partial charge in [-0.05, 0) is 46.8 Å². The van der Waals surface area contributed by atoms with Crippen molar-refractivity contribution in [3.05, 3.63) is 34.6 Å². The first-order valence-electron chi connectivity index (χ1n) is 13.4. The summed E-state index contributed by atoms with van der Waals surface area (Å²) in [6, 6.07) is 3.12. The molecule has 2 aromatic rings.